The van der Waals surface area contributed by atoms with Crippen molar-refractivity contribution in [3.8, 4) is 0 Å². The van der Waals surface area contributed by atoms with Crippen LogP contribution in [0.25, 0.3) is 0 Å². The van der Waals surface area contributed by atoms with Crippen LogP contribution in [0, 0.1) is 0 Å². The molecule has 2 N–H and O–H groups in total. The maximum Gasteiger partial charge on any atom is 0.309 e. The lowest BCUT2D eigenvalue weighted by Gasteiger charge is -2.24. The molecule has 3 rings (SSSR count). The standard InChI is InChI=1S/C20H22ClN3O4S/c21-18-11-5-4-7-15(18)13-22-19(25)20(26)23-14-16-8-6-12-24(16)29(27,28)17-9-2-1-3-10-17/h1-5,7,9-11,16H,6,8,12-14H2,(H,22,25)(H,23,26). The number of amides is 2. The predicted octanol–water partition coefficient (Wildman–Crippen LogP) is 1.93. The first kappa shape index (κ1) is 21.3. The van der Waals surface area contributed by atoms with E-state index in [1.807, 2.05) is 0 Å². The van der Waals surface area contributed by atoms with Gasteiger partial charge < -0.3 is 10.6 Å². The van der Waals surface area contributed by atoms with Gasteiger partial charge in [0.1, 0.15) is 0 Å². The number of carbonyl (C=O) groups is 2. The van der Waals surface area contributed by atoms with Crippen LogP contribution in [-0.2, 0) is 26.2 Å². The molecule has 1 aliphatic rings. The molecule has 154 valence electrons. The zero-order chi connectivity index (χ0) is 20.9. The van der Waals surface area contributed by atoms with Gasteiger partial charge in [-0.1, -0.05) is 48.0 Å². The van der Waals surface area contributed by atoms with Crippen LogP contribution >= 0.6 is 11.6 Å². The molecule has 0 spiro atoms. The van der Waals surface area contributed by atoms with Crippen LogP contribution in [-0.4, -0.2) is 43.7 Å². The number of nitrogens with one attached hydrogen (secondary N) is 2. The molecule has 2 aromatic rings. The molecule has 0 aliphatic carbocycles. The number of benzene rings is 2. The van der Waals surface area contributed by atoms with Crippen LogP contribution in [0.5, 0.6) is 0 Å². The average molecular weight is 436 g/mol. The summed E-state index contributed by atoms with van der Waals surface area (Å²) in [5.74, 6) is -1.60. The SMILES string of the molecule is O=C(NCc1ccccc1Cl)C(=O)NCC1CCCN1S(=O)(=O)c1ccccc1. The molecular weight excluding hydrogens is 414 g/mol. The Morgan fingerprint density at radius 1 is 1.00 bits per heavy atom. The van der Waals surface area contributed by atoms with Gasteiger partial charge in [0.15, 0.2) is 0 Å². The second-order valence-corrected chi connectivity index (χ2v) is 9.01. The van der Waals surface area contributed by atoms with Crippen molar-refractivity contribution in [1.82, 2.24) is 14.9 Å². The summed E-state index contributed by atoms with van der Waals surface area (Å²) in [4.78, 5) is 24.4. The van der Waals surface area contributed by atoms with E-state index in [1.165, 1.54) is 4.31 Å². The van der Waals surface area contributed by atoms with Gasteiger partial charge in [0.05, 0.1) is 4.90 Å². The molecule has 7 nitrogen and oxygen atoms in total. The molecule has 2 amide bonds. The number of hydrogen-bond donors (Lipinski definition) is 2. The molecule has 0 radical (unpaired) electrons. The highest BCUT2D eigenvalue weighted by molar-refractivity contribution is 7.89. The molecule has 1 saturated heterocycles. The molecule has 0 saturated carbocycles. The van der Waals surface area contributed by atoms with E-state index in [0.717, 1.165) is 0 Å². The van der Waals surface area contributed by atoms with Crippen molar-refractivity contribution in [2.45, 2.75) is 30.3 Å². The van der Waals surface area contributed by atoms with E-state index in [-0.39, 0.29) is 24.0 Å². The molecule has 1 heterocycles. The molecule has 1 fully saturated rings. The topological polar surface area (TPSA) is 95.6 Å². The molecule has 9 heteroatoms. The molecule has 1 aliphatic heterocycles. The normalized spacial score (nSPS) is 17.1. The zero-order valence-electron chi connectivity index (χ0n) is 15.7. The van der Waals surface area contributed by atoms with Crippen molar-refractivity contribution < 1.29 is 18.0 Å². The number of nitrogens with zero attached hydrogens (tertiary/aromatic N) is 1. The van der Waals surface area contributed by atoms with Crippen LogP contribution in [0.3, 0.4) is 0 Å². The first-order valence-corrected chi connectivity index (χ1v) is 11.1. The Bertz CT molecular complexity index is 982. The van der Waals surface area contributed by atoms with Gasteiger partial charge in [0, 0.05) is 30.7 Å². The van der Waals surface area contributed by atoms with Crippen LogP contribution in [0.15, 0.2) is 59.5 Å². The smallest absolute Gasteiger partial charge is 0.309 e. The van der Waals surface area contributed by atoms with Crippen molar-refractivity contribution in [2.75, 3.05) is 13.1 Å². The summed E-state index contributed by atoms with van der Waals surface area (Å²) in [7, 11) is -3.64. The molecule has 1 atom stereocenters. The third-order valence-corrected chi connectivity index (χ3v) is 7.11. The highest BCUT2D eigenvalue weighted by Gasteiger charge is 2.35. The summed E-state index contributed by atoms with van der Waals surface area (Å²) in [6.07, 6.45) is 1.32. The Kier molecular flexibility index (Phi) is 6.89. The van der Waals surface area contributed by atoms with Crippen molar-refractivity contribution >= 4 is 33.4 Å². The largest absolute Gasteiger partial charge is 0.346 e. The zero-order valence-corrected chi connectivity index (χ0v) is 17.2. The molecule has 2 aromatic carbocycles. The minimum Gasteiger partial charge on any atom is -0.346 e. The fraction of sp³-hybridized carbons (Fsp3) is 0.300. The minimum atomic E-state index is -3.64. The number of rotatable bonds is 6. The van der Waals surface area contributed by atoms with Crippen LogP contribution in [0.1, 0.15) is 18.4 Å². The predicted molar refractivity (Wildman–Crippen MR) is 110 cm³/mol. The summed E-state index contributed by atoms with van der Waals surface area (Å²) in [5, 5.41) is 5.55. The van der Waals surface area contributed by atoms with Crippen molar-refractivity contribution in [3.05, 3.63) is 65.2 Å². The van der Waals surface area contributed by atoms with E-state index in [2.05, 4.69) is 10.6 Å². The lowest BCUT2D eigenvalue weighted by molar-refractivity contribution is -0.139. The maximum atomic E-state index is 12.8. The summed E-state index contributed by atoms with van der Waals surface area (Å²) in [6.45, 7) is 0.588. The Labute approximate surface area is 175 Å². The van der Waals surface area contributed by atoms with E-state index >= 15 is 0 Å². The van der Waals surface area contributed by atoms with Gasteiger partial charge in [-0.15, -0.1) is 0 Å². The van der Waals surface area contributed by atoms with E-state index in [9.17, 15) is 18.0 Å². The molecule has 0 bridgehead atoms. The lowest BCUT2D eigenvalue weighted by Crippen LogP contribution is -2.46. The van der Waals surface area contributed by atoms with E-state index < -0.39 is 21.8 Å². The van der Waals surface area contributed by atoms with Gasteiger partial charge in [-0.25, -0.2) is 8.42 Å². The quantitative estimate of drug-likeness (QED) is 0.677. The summed E-state index contributed by atoms with van der Waals surface area (Å²) >= 11 is 6.03. The first-order chi connectivity index (χ1) is 13.9. The van der Waals surface area contributed by atoms with E-state index in [1.54, 1.807) is 54.6 Å². The number of sulfonamides is 1. The molecule has 29 heavy (non-hydrogen) atoms. The minimum absolute atomic E-state index is 0.0738. The molecular formula is C20H22ClN3O4S. The average Bonchev–Trinajstić information content (AvgIpc) is 3.21. The Morgan fingerprint density at radius 3 is 2.38 bits per heavy atom. The molecule has 0 aromatic heterocycles. The van der Waals surface area contributed by atoms with Gasteiger partial charge in [-0.3, -0.25) is 9.59 Å². The summed E-state index contributed by atoms with van der Waals surface area (Å²) < 4.78 is 27.1. The fourth-order valence-corrected chi connectivity index (χ4v) is 5.16. The number of hydrogen-bond acceptors (Lipinski definition) is 4. The fourth-order valence-electron chi connectivity index (χ4n) is 3.25. The maximum absolute atomic E-state index is 12.8. The second-order valence-electron chi connectivity index (χ2n) is 6.71. The Morgan fingerprint density at radius 2 is 1.66 bits per heavy atom. The van der Waals surface area contributed by atoms with Crippen molar-refractivity contribution in [3.63, 3.8) is 0 Å². The number of carbonyl (C=O) groups excluding carboxylic acids is 2. The van der Waals surface area contributed by atoms with Gasteiger partial charge >= 0.3 is 11.8 Å². The Balaban J connectivity index is 1.55. The highest BCUT2D eigenvalue weighted by Crippen LogP contribution is 2.25. The van der Waals surface area contributed by atoms with Crippen LogP contribution < -0.4 is 10.6 Å². The number of halogens is 1. The first-order valence-electron chi connectivity index (χ1n) is 9.26. The van der Waals surface area contributed by atoms with E-state index in [0.29, 0.717) is 30.0 Å². The summed E-state index contributed by atoms with van der Waals surface area (Å²) in [5.41, 5.74) is 0.700. The second kappa shape index (κ2) is 9.39. The van der Waals surface area contributed by atoms with Gasteiger partial charge in [0.2, 0.25) is 10.0 Å². The Hall–Kier alpha value is -2.42. The van der Waals surface area contributed by atoms with Gasteiger partial charge in [0.25, 0.3) is 0 Å². The highest BCUT2D eigenvalue weighted by atomic mass is 35.5. The van der Waals surface area contributed by atoms with Crippen LogP contribution in [0.2, 0.25) is 5.02 Å². The van der Waals surface area contributed by atoms with E-state index in [4.69, 9.17) is 11.6 Å². The third kappa shape index (κ3) is 5.14. The van der Waals surface area contributed by atoms with Gasteiger partial charge in [-0.2, -0.15) is 4.31 Å². The van der Waals surface area contributed by atoms with Crippen molar-refractivity contribution in [1.29, 1.82) is 0 Å². The third-order valence-electron chi connectivity index (χ3n) is 4.77. The summed E-state index contributed by atoms with van der Waals surface area (Å²) in [6, 6.07) is 14.8. The van der Waals surface area contributed by atoms with Crippen LogP contribution in [0.4, 0.5) is 0 Å². The molecule has 1 unspecified atom stereocenters. The van der Waals surface area contributed by atoms with Crippen molar-refractivity contribution in [2.24, 2.45) is 0 Å². The monoisotopic (exact) mass is 435 g/mol. The lowest BCUT2D eigenvalue weighted by atomic mass is 10.2. The van der Waals surface area contributed by atoms with Gasteiger partial charge in [-0.05, 0) is 36.6 Å².